The molecule has 4 heteroatoms. The number of nitrogens with zero attached hydrogens (tertiary/aromatic N) is 2. The van der Waals surface area contributed by atoms with E-state index in [4.69, 9.17) is 0 Å². The van der Waals surface area contributed by atoms with Gasteiger partial charge in [-0.1, -0.05) is 19.9 Å². The van der Waals surface area contributed by atoms with Crippen LogP contribution in [0.25, 0.3) is 11.1 Å². The van der Waals surface area contributed by atoms with Crippen molar-refractivity contribution in [2.75, 3.05) is 0 Å². The second-order valence-electron chi connectivity index (χ2n) is 6.23. The molecule has 1 saturated carbocycles. The molecule has 3 rings (SSSR count). The second-order valence-corrected chi connectivity index (χ2v) is 6.23. The maximum absolute atomic E-state index is 14.3. The van der Waals surface area contributed by atoms with Crippen LogP contribution in [0.5, 0.6) is 0 Å². The maximum atomic E-state index is 14.3. The fourth-order valence-corrected chi connectivity index (χ4v) is 2.58. The maximum Gasteiger partial charge on any atom is 0.131 e. The summed E-state index contributed by atoms with van der Waals surface area (Å²) in [4.78, 5) is 0. The highest BCUT2D eigenvalue weighted by atomic mass is 19.1. The van der Waals surface area contributed by atoms with E-state index >= 15 is 0 Å². The minimum atomic E-state index is -0.180. The topological polar surface area (TPSA) is 29.9 Å². The Hall–Kier alpha value is -1.68. The third-order valence-electron chi connectivity index (χ3n) is 3.90. The average molecular weight is 287 g/mol. The molecule has 1 aliphatic rings. The second kappa shape index (κ2) is 5.60. The Balaban J connectivity index is 1.94. The smallest absolute Gasteiger partial charge is 0.131 e. The summed E-state index contributed by atoms with van der Waals surface area (Å²) in [7, 11) is 1.88. The monoisotopic (exact) mass is 287 g/mol. The molecule has 0 unspecified atom stereocenters. The molecule has 1 aromatic heterocycles. The summed E-state index contributed by atoms with van der Waals surface area (Å²) in [5.41, 5.74) is 3.63. The number of nitrogens with one attached hydrogen (secondary N) is 1. The number of benzene rings is 1. The Bertz CT molecular complexity index is 641. The summed E-state index contributed by atoms with van der Waals surface area (Å²) in [5.74, 6) is 0.0916. The van der Waals surface area contributed by atoms with E-state index in [-0.39, 0.29) is 11.7 Å². The van der Waals surface area contributed by atoms with Crippen molar-refractivity contribution in [1.82, 2.24) is 15.1 Å². The highest BCUT2D eigenvalue weighted by Gasteiger charge is 2.21. The minimum Gasteiger partial charge on any atom is -0.310 e. The largest absolute Gasteiger partial charge is 0.310 e. The van der Waals surface area contributed by atoms with E-state index in [1.165, 1.54) is 12.8 Å². The van der Waals surface area contributed by atoms with Crippen LogP contribution in [0.2, 0.25) is 0 Å². The van der Waals surface area contributed by atoms with Crippen molar-refractivity contribution < 1.29 is 4.39 Å². The zero-order valence-electron chi connectivity index (χ0n) is 12.9. The van der Waals surface area contributed by atoms with E-state index in [1.54, 1.807) is 10.7 Å². The number of hydrogen-bond acceptors (Lipinski definition) is 2. The number of halogens is 1. The van der Waals surface area contributed by atoms with Gasteiger partial charge >= 0.3 is 0 Å². The van der Waals surface area contributed by atoms with Gasteiger partial charge in [0.1, 0.15) is 5.82 Å². The van der Waals surface area contributed by atoms with Crippen LogP contribution in [0.15, 0.2) is 24.4 Å². The van der Waals surface area contributed by atoms with E-state index in [0.29, 0.717) is 11.6 Å². The van der Waals surface area contributed by atoms with E-state index < -0.39 is 0 Å². The molecule has 1 aliphatic carbocycles. The molecule has 0 aliphatic heterocycles. The van der Waals surface area contributed by atoms with Crippen molar-refractivity contribution in [2.24, 2.45) is 7.05 Å². The predicted octanol–water partition coefficient (Wildman–Crippen LogP) is 3.60. The summed E-state index contributed by atoms with van der Waals surface area (Å²) in [6.45, 7) is 4.97. The minimum absolute atomic E-state index is 0.180. The van der Waals surface area contributed by atoms with Crippen LogP contribution in [0.4, 0.5) is 4.39 Å². The molecule has 1 aromatic carbocycles. The van der Waals surface area contributed by atoms with E-state index in [1.807, 2.05) is 25.4 Å². The van der Waals surface area contributed by atoms with Crippen LogP contribution < -0.4 is 5.32 Å². The number of aryl methyl sites for hydroxylation is 1. The van der Waals surface area contributed by atoms with Gasteiger partial charge in [0.15, 0.2) is 0 Å². The summed E-state index contributed by atoms with van der Waals surface area (Å²) >= 11 is 0. The Kier molecular flexibility index (Phi) is 3.81. The van der Waals surface area contributed by atoms with Gasteiger partial charge in [-0.25, -0.2) is 4.39 Å². The highest BCUT2D eigenvalue weighted by molar-refractivity contribution is 5.67. The molecule has 0 saturated heterocycles. The Morgan fingerprint density at radius 1 is 1.33 bits per heavy atom. The molecule has 112 valence electrons. The lowest BCUT2D eigenvalue weighted by atomic mass is 9.98. The molecular weight excluding hydrogens is 265 g/mol. The standard InChI is InChI=1S/C17H22FN3/c1-11(2)17-15(10-21(3)20-17)14-8-12(4-7-16(14)18)9-19-13-5-6-13/h4,7-8,10-11,13,19H,5-6,9H2,1-3H3. The van der Waals surface area contributed by atoms with Crippen LogP contribution in [-0.2, 0) is 13.6 Å². The van der Waals surface area contributed by atoms with Crippen LogP contribution in [0, 0.1) is 5.82 Å². The van der Waals surface area contributed by atoms with Gasteiger partial charge in [-0.3, -0.25) is 4.68 Å². The van der Waals surface area contributed by atoms with Crippen LogP contribution in [-0.4, -0.2) is 15.8 Å². The molecule has 1 N–H and O–H groups in total. The zero-order chi connectivity index (χ0) is 15.0. The quantitative estimate of drug-likeness (QED) is 0.910. The Labute approximate surface area is 125 Å². The first-order chi connectivity index (χ1) is 10.0. The van der Waals surface area contributed by atoms with Gasteiger partial charge in [-0.15, -0.1) is 0 Å². The average Bonchev–Trinajstić information content (AvgIpc) is 3.19. The lowest BCUT2D eigenvalue weighted by molar-refractivity contribution is 0.628. The van der Waals surface area contributed by atoms with Crippen molar-refractivity contribution in [3.63, 3.8) is 0 Å². The lowest BCUT2D eigenvalue weighted by Gasteiger charge is -2.09. The molecule has 21 heavy (non-hydrogen) atoms. The van der Waals surface area contributed by atoms with Gasteiger partial charge in [0, 0.05) is 37.0 Å². The molecule has 0 spiro atoms. The number of hydrogen-bond donors (Lipinski definition) is 1. The summed E-state index contributed by atoms with van der Waals surface area (Å²) in [6.07, 6.45) is 4.42. The molecule has 0 atom stereocenters. The molecule has 0 radical (unpaired) electrons. The first kappa shape index (κ1) is 14.3. The van der Waals surface area contributed by atoms with Gasteiger partial charge in [0.25, 0.3) is 0 Å². The third-order valence-corrected chi connectivity index (χ3v) is 3.90. The normalized spacial score (nSPS) is 14.9. The van der Waals surface area contributed by atoms with Crippen molar-refractivity contribution in [1.29, 1.82) is 0 Å². The summed E-state index contributed by atoms with van der Waals surface area (Å²) in [6, 6.07) is 6.03. The SMILES string of the molecule is CC(C)c1nn(C)cc1-c1cc(CNC2CC2)ccc1F. The molecule has 1 fully saturated rings. The third kappa shape index (κ3) is 3.16. The van der Waals surface area contributed by atoms with Crippen molar-refractivity contribution in [3.8, 4) is 11.1 Å². The molecule has 3 nitrogen and oxygen atoms in total. The fourth-order valence-electron chi connectivity index (χ4n) is 2.58. The van der Waals surface area contributed by atoms with Crippen LogP contribution in [0.3, 0.4) is 0 Å². The van der Waals surface area contributed by atoms with Crippen molar-refractivity contribution in [3.05, 3.63) is 41.5 Å². The first-order valence-corrected chi connectivity index (χ1v) is 7.60. The van der Waals surface area contributed by atoms with E-state index in [2.05, 4.69) is 24.3 Å². The number of rotatable bonds is 5. The lowest BCUT2D eigenvalue weighted by Crippen LogP contribution is -2.15. The summed E-state index contributed by atoms with van der Waals surface area (Å²) in [5, 5.41) is 7.95. The molecule has 1 heterocycles. The van der Waals surface area contributed by atoms with Crippen LogP contribution in [0.1, 0.15) is 43.9 Å². The Morgan fingerprint density at radius 2 is 2.10 bits per heavy atom. The molecule has 0 amide bonds. The van der Waals surface area contributed by atoms with Crippen molar-refractivity contribution in [2.45, 2.75) is 45.2 Å². The van der Waals surface area contributed by atoms with Crippen molar-refractivity contribution >= 4 is 0 Å². The highest BCUT2D eigenvalue weighted by Crippen LogP contribution is 2.31. The zero-order valence-corrected chi connectivity index (χ0v) is 12.9. The molecule has 0 bridgehead atoms. The molecular formula is C17H22FN3. The first-order valence-electron chi connectivity index (χ1n) is 7.60. The Morgan fingerprint density at radius 3 is 2.76 bits per heavy atom. The summed E-state index contributed by atoms with van der Waals surface area (Å²) < 4.78 is 16.0. The van der Waals surface area contributed by atoms with E-state index in [9.17, 15) is 4.39 Å². The predicted molar refractivity (Wildman–Crippen MR) is 82.6 cm³/mol. The fraction of sp³-hybridized carbons (Fsp3) is 0.471. The van der Waals surface area contributed by atoms with E-state index in [0.717, 1.165) is 23.4 Å². The van der Waals surface area contributed by atoms with Gasteiger partial charge in [0.05, 0.1) is 5.69 Å². The van der Waals surface area contributed by atoms with Gasteiger partial charge in [0.2, 0.25) is 0 Å². The van der Waals surface area contributed by atoms with Gasteiger partial charge in [-0.2, -0.15) is 5.10 Å². The van der Waals surface area contributed by atoms with Crippen LogP contribution >= 0.6 is 0 Å². The number of aromatic nitrogens is 2. The van der Waals surface area contributed by atoms with Gasteiger partial charge < -0.3 is 5.32 Å². The molecule has 2 aromatic rings. The van der Waals surface area contributed by atoms with Gasteiger partial charge in [-0.05, 0) is 36.5 Å².